The first-order valence-electron chi connectivity index (χ1n) is 5.22. The first-order valence-corrected chi connectivity index (χ1v) is 6.83. The van der Waals surface area contributed by atoms with Crippen molar-refractivity contribution < 1.29 is 4.79 Å². The van der Waals surface area contributed by atoms with Crippen molar-refractivity contribution in [2.24, 2.45) is 7.05 Å². The van der Waals surface area contributed by atoms with Crippen LogP contribution in [0.4, 0.5) is 5.82 Å². The normalized spacial score (nSPS) is 18.9. The number of hydrogen-bond acceptors (Lipinski definition) is 3. The lowest BCUT2D eigenvalue weighted by atomic mass is 9.93. The van der Waals surface area contributed by atoms with E-state index in [-0.39, 0.29) is 11.8 Å². The van der Waals surface area contributed by atoms with Gasteiger partial charge in [-0.25, -0.2) is 0 Å². The molecule has 0 aromatic carbocycles. The number of anilines is 1. The number of aryl methyl sites for hydroxylation is 1. The molecular formula is C11H10BrN3OS. The van der Waals surface area contributed by atoms with Crippen LogP contribution >= 0.6 is 27.3 Å². The topological polar surface area (TPSA) is 46.9 Å². The molecule has 0 saturated heterocycles. The number of rotatable bonds is 1. The summed E-state index contributed by atoms with van der Waals surface area (Å²) in [5, 5.41) is 7.08. The number of amides is 1. The second kappa shape index (κ2) is 3.96. The third kappa shape index (κ3) is 1.81. The molecule has 4 nitrogen and oxygen atoms in total. The van der Waals surface area contributed by atoms with Gasteiger partial charge in [0.05, 0.1) is 9.98 Å². The fourth-order valence-electron chi connectivity index (χ4n) is 2.11. The maximum absolute atomic E-state index is 11.7. The number of hydrogen-bond donors (Lipinski definition) is 1. The molecule has 0 spiro atoms. The summed E-state index contributed by atoms with van der Waals surface area (Å²) in [4.78, 5) is 12.9. The summed E-state index contributed by atoms with van der Waals surface area (Å²) in [6.45, 7) is 0. The van der Waals surface area contributed by atoms with Crippen molar-refractivity contribution in [2.45, 2.75) is 12.3 Å². The monoisotopic (exact) mass is 311 g/mol. The minimum absolute atomic E-state index is 0.0515. The maximum Gasteiger partial charge on any atom is 0.226 e. The van der Waals surface area contributed by atoms with Crippen LogP contribution in [0.1, 0.15) is 22.8 Å². The molecule has 0 unspecified atom stereocenters. The Labute approximate surface area is 111 Å². The molecule has 2 aromatic heterocycles. The lowest BCUT2D eigenvalue weighted by Crippen LogP contribution is -2.23. The quantitative estimate of drug-likeness (QED) is 0.880. The van der Waals surface area contributed by atoms with E-state index >= 15 is 0 Å². The van der Waals surface area contributed by atoms with Gasteiger partial charge in [-0.1, -0.05) is 0 Å². The predicted octanol–water partition coefficient (Wildman–Crippen LogP) is 2.72. The zero-order valence-electron chi connectivity index (χ0n) is 9.11. The van der Waals surface area contributed by atoms with Gasteiger partial charge in [0.15, 0.2) is 0 Å². The number of carbonyl (C=O) groups excluding carboxylic acids is 1. The van der Waals surface area contributed by atoms with Crippen LogP contribution in [0.3, 0.4) is 0 Å². The van der Waals surface area contributed by atoms with E-state index < -0.39 is 0 Å². The highest BCUT2D eigenvalue weighted by Gasteiger charge is 2.30. The standard InChI is InChI=1S/C11H10BrN3OS/c1-15-11-7(5-13-15)6(4-10(16)14-11)8-2-3-9(12)17-8/h2-3,5-6H,4H2,1H3,(H,14,16)/t6-/m0/s1. The van der Waals surface area contributed by atoms with Crippen molar-refractivity contribution in [3.63, 3.8) is 0 Å². The van der Waals surface area contributed by atoms with Gasteiger partial charge in [-0.15, -0.1) is 11.3 Å². The fourth-order valence-corrected chi connectivity index (χ4v) is 3.65. The fraction of sp³-hybridized carbons (Fsp3) is 0.273. The van der Waals surface area contributed by atoms with E-state index in [1.165, 1.54) is 4.88 Å². The second-order valence-corrected chi connectivity index (χ2v) is 6.51. The molecule has 88 valence electrons. The number of aromatic nitrogens is 2. The van der Waals surface area contributed by atoms with Gasteiger partial charge in [0, 0.05) is 29.8 Å². The molecule has 1 atom stereocenters. The first kappa shape index (κ1) is 11.0. The Balaban J connectivity index is 2.09. The molecule has 6 heteroatoms. The van der Waals surface area contributed by atoms with Crippen LogP contribution in [-0.4, -0.2) is 15.7 Å². The highest BCUT2D eigenvalue weighted by Crippen LogP contribution is 2.40. The summed E-state index contributed by atoms with van der Waals surface area (Å²) in [5.41, 5.74) is 1.10. The summed E-state index contributed by atoms with van der Waals surface area (Å²) in [6, 6.07) is 4.08. The van der Waals surface area contributed by atoms with Gasteiger partial charge < -0.3 is 5.32 Å². The molecule has 1 aliphatic rings. The van der Waals surface area contributed by atoms with Crippen LogP contribution in [-0.2, 0) is 11.8 Å². The van der Waals surface area contributed by atoms with Crippen molar-refractivity contribution in [3.8, 4) is 0 Å². The Hall–Kier alpha value is -1.14. The predicted molar refractivity (Wildman–Crippen MR) is 70.3 cm³/mol. The third-order valence-electron chi connectivity index (χ3n) is 2.93. The van der Waals surface area contributed by atoms with Crippen LogP contribution in [0.2, 0.25) is 0 Å². The average Bonchev–Trinajstić information content (AvgIpc) is 2.86. The van der Waals surface area contributed by atoms with Crippen LogP contribution in [0, 0.1) is 0 Å². The van der Waals surface area contributed by atoms with Crippen molar-refractivity contribution >= 4 is 39.0 Å². The van der Waals surface area contributed by atoms with Gasteiger partial charge >= 0.3 is 0 Å². The molecular weight excluding hydrogens is 302 g/mol. The lowest BCUT2D eigenvalue weighted by Gasteiger charge is -2.21. The largest absolute Gasteiger partial charge is 0.311 e. The van der Waals surface area contributed by atoms with Crippen LogP contribution in [0.5, 0.6) is 0 Å². The molecule has 0 fully saturated rings. The van der Waals surface area contributed by atoms with Crippen LogP contribution in [0.15, 0.2) is 22.1 Å². The molecule has 1 amide bonds. The van der Waals surface area contributed by atoms with Gasteiger partial charge in [0.25, 0.3) is 0 Å². The highest BCUT2D eigenvalue weighted by atomic mass is 79.9. The summed E-state index contributed by atoms with van der Waals surface area (Å²) < 4.78 is 2.80. The van der Waals surface area contributed by atoms with Crippen LogP contribution < -0.4 is 5.32 Å². The zero-order valence-corrected chi connectivity index (χ0v) is 11.5. The summed E-state index contributed by atoms with van der Waals surface area (Å²) in [7, 11) is 1.84. The zero-order chi connectivity index (χ0) is 12.0. The van der Waals surface area contributed by atoms with Gasteiger partial charge in [0.1, 0.15) is 5.82 Å². The Bertz CT molecular complexity index is 589. The number of nitrogens with one attached hydrogen (secondary N) is 1. The molecule has 0 aliphatic carbocycles. The third-order valence-corrected chi connectivity index (χ3v) is 4.66. The Morgan fingerprint density at radius 2 is 2.41 bits per heavy atom. The van der Waals surface area contributed by atoms with E-state index in [1.807, 2.05) is 19.3 Å². The van der Waals surface area contributed by atoms with Crippen LogP contribution in [0.25, 0.3) is 0 Å². The minimum atomic E-state index is 0.0515. The van der Waals surface area contributed by atoms with E-state index in [4.69, 9.17) is 0 Å². The smallest absolute Gasteiger partial charge is 0.226 e. The molecule has 3 heterocycles. The van der Waals surface area contributed by atoms with E-state index in [0.29, 0.717) is 6.42 Å². The Morgan fingerprint density at radius 3 is 3.12 bits per heavy atom. The second-order valence-electron chi connectivity index (χ2n) is 4.02. The molecule has 1 aliphatic heterocycles. The average molecular weight is 312 g/mol. The van der Waals surface area contributed by atoms with E-state index in [1.54, 1.807) is 16.0 Å². The van der Waals surface area contributed by atoms with Gasteiger partial charge in [-0.3, -0.25) is 9.48 Å². The molecule has 0 saturated carbocycles. The SMILES string of the molecule is Cn1ncc2c1NC(=O)C[C@@H]2c1ccc(Br)s1. The van der Waals surface area contributed by atoms with Crippen molar-refractivity contribution in [2.75, 3.05) is 5.32 Å². The maximum atomic E-state index is 11.7. The summed E-state index contributed by atoms with van der Waals surface area (Å²) >= 11 is 5.12. The number of thiophene rings is 1. The van der Waals surface area contributed by atoms with E-state index in [0.717, 1.165) is 15.2 Å². The van der Waals surface area contributed by atoms with E-state index in [9.17, 15) is 4.79 Å². The molecule has 17 heavy (non-hydrogen) atoms. The van der Waals surface area contributed by atoms with Crippen molar-refractivity contribution in [1.29, 1.82) is 0 Å². The minimum Gasteiger partial charge on any atom is -0.311 e. The molecule has 1 N–H and O–H groups in total. The summed E-state index contributed by atoms with van der Waals surface area (Å²) in [6.07, 6.45) is 2.33. The van der Waals surface area contributed by atoms with Crippen molar-refractivity contribution in [1.82, 2.24) is 9.78 Å². The van der Waals surface area contributed by atoms with Gasteiger partial charge in [0.2, 0.25) is 5.91 Å². The number of fused-ring (bicyclic) bond motifs is 1. The Morgan fingerprint density at radius 1 is 1.59 bits per heavy atom. The Kier molecular flexibility index (Phi) is 2.56. The molecule has 0 bridgehead atoms. The number of carbonyl (C=O) groups is 1. The molecule has 0 radical (unpaired) electrons. The van der Waals surface area contributed by atoms with Gasteiger partial charge in [-0.05, 0) is 28.1 Å². The molecule has 2 aromatic rings. The highest BCUT2D eigenvalue weighted by molar-refractivity contribution is 9.11. The summed E-state index contributed by atoms with van der Waals surface area (Å²) in [5.74, 6) is 0.996. The first-order chi connectivity index (χ1) is 8.15. The van der Waals surface area contributed by atoms with E-state index in [2.05, 4.69) is 32.4 Å². The number of halogens is 1. The number of nitrogens with zero attached hydrogens (tertiary/aromatic N) is 2. The van der Waals surface area contributed by atoms with Gasteiger partial charge in [-0.2, -0.15) is 5.10 Å². The lowest BCUT2D eigenvalue weighted by molar-refractivity contribution is -0.116. The van der Waals surface area contributed by atoms with Crippen molar-refractivity contribution in [3.05, 3.63) is 32.6 Å². The molecule has 3 rings (SSSR count).